The zero-order valence-corrected chi connectivity index (χ0v) is 10.8. The topological polar surface area (TPSA) is 9.23 Å². The van der Waals surface area contributed by atoms with Gasteiger partial charge in [0.05, 0.1) is 11.7 Å². The number of alkyl halides is 1. The summed E-state index contributed by atoms with van der Waals surface area (Å²) in [6, 6.07) is 6.71. The molecule has 1 aromatic carbocycles. The summed E-state index contributed by atoms with van der Waals surface area (Å²) in [5.74, 6) is -0.216. The van der Waals surface area contributed by atoms with Gasteiger partial charge in [0, 0.05) is 10.9 Å². The Labute approximate surface area is 98.8 Å². The number of hydrogen-bond donors (Lipinski definition) is 0. The van der Waals surface area contributed by atoms with Gasteiger partial charge in [0.15, 0.2) is 0 Å². The Hall–Kier alpha value is -0.410. The van der Waals surface area contributed by atoms with E-state index in [1.165, 1.54) is 6.07 Å². The molecule has 15 heavy (non-hydrogen) atoms. The Balaban J connectivity index is 2.88. The summed E-state index contributed by atoms with van der Waals surface area (Å²) in [5.41, 5.74) is 0.324. The van der Waals surface area contributed by atoms with Crippen LogP contribution in [0.3, 0.4) is 0 Å². The molecule has 0 saturated heterocycles. The van der Waals surface area contributed by atoms with Crippen molar-refractivity contribution in [1.82, 2.24) is 0 Å². The van der Waals surface area contributed by atoms with Crippen molar-refractivity contribution in [3.63, 3.8) is 0 Å². The van der Waals surface area contributed by atoms with Crippen LogP contribution < -0.4 is 0 Å². The number of rotatable bonds is 3. The van der Waals surface area contributed by atoms with E-state index in [2.05, 4.69) is 15.9 Å². The lowest BCUT2D eigenvalue weighted by Crippen LogP contribution is -2.24. The Morgan fingerprint density at radius 3 is 2.40 bits per heavy atom. The minimum Gasteiger partial charge on any atom is -0.367 e. The SMILES string of the molecule is CC(C)(C)OC(CBr)c1ccccc1F. The second-order valence-electron chi connectivity index (χ2n) is 4.39. The minimum absolute atomic E-state index is 0.216. The molecule has 0 N–H and O–H groups in total. The van der Waals surface area contributed by atoms with E-state index in [1.807, 2.05) is 26.8 Å². The highest BCUT2D eigenvalue weighted by molar-refractivity contribution is 9.09. The van der Waals surface area contributed by atoms with Gasteiger partial charge in [-0.05, 0) is 26.8 Å². The fourth-order valence-corrected chi connectivity index (χ4v) is 1.82. The third-order valence-corrected chi connectivity index (χ3v) is 2.48. The predicted molar refractivity (Wildman–Crippen MR) is 63.8 cm³/mol. The van der Waals surface area contributed by atoms with Crippen molar-refractivity contribution in [3.8, 4) is 0 Å². The zero-order valence-electron chi connectivity index (χ0n) is 9.26. The van der Waals surface area contributed by atoms with Crippen molar-refractivity contribution < 1.29 is 9.13 Å². The number of benzene rings is 1. The molecule has 1 rings (SSSR count). The van der Waals surface area contributed by atoms with Crippen LogP contribution in [0.1, 0.15) is 32.4 Å². The van der Waals surface area contributed by atoms with Crippen LogP contribution in [-0.4, -0.2) is 10.9 Å². The van der Waals surface area contributed by atoms with Crippen LogP contribution in [0.15, 0.2) is 24.3 Å². The summed E-state index contributed by atoms with van der Waals surface area (Å²) in [7, 11) is 0. The Bertz CT molecular complexity index is 320. The van der Waals surface area contributed by atoms with Crippen LogP contribution in [0.25, 0.3) is 0 Å². The molecule has 0 aliphatic carbocycles. The summed E-state index contributed by atoms with van der Waals surface area (Å²) in [6.45, 7) is 5.89. The summed E-state index contributed by atoms with van der Waals surface area (Å²) in [5, 5.41) is 0.588. The van der Waals surface area contributed by atoms with Crippen molar-refractivity contribution in [1.29, 1.82) is 0 Å². The van der Waals surface area contributed by atoms with Gasteiger partial charge in [-0.25, -0.2) is 4.39 Å². The molecule has 0 saturated carbocycles. The van der Waals surface area contributed by atoms with E-state index < -0.39 is 0 Å². The van der Waals surface area contributed by atoms with Crippen LogP contribution in [0.4, 0.5) is 4.39 Å². The first-order valence-electron chi connectivity index (χ1n) is 4.92. The van der Waals surface area contributed by atoms with Crippen molar-refractivity contribution in [3.05, 3.63) is 35.6 Å². The van der Waals surface area contributed by atoms with Gasteiger partial charge in [-0.1, -0.05) is 34.1 Å². The predicted octanol–water partition coefficient (Wildman–Crippen LogP) is 4.08. The molecule has 0 heterocycles. The average molecular weight is 275 g/mol. The molecule has 1 nitrogen and oxygen atoms in total. The van der Waals surface area contributed by atoms with Gasteiger partial charge in [0.25, 0.3) is 0 Å². The second kappa shape index (κ2) is 5.08. The molecule has 0 aliphatic heterocycles. The first-order valence-corrected chi connectivity index (χ1v) is 6.04. The van der Waals surface area contributed by atoms with Crippen molar-refractivity contribution in [2.75, 3.05) is 5.33 Å². The van der Waals surface area contributed by atoms with Crippen LogP contribution in [-0.2, 0) is 4.74 Å². The summed E-state index contributed by atoms with van der Waals surface area (Å²) < 4.78 is 19.3. The molecule has 0 bridgehead atoms. The van der Waals surface area contributed by atoms with Gasteiger partial charge in [0.2, 0.25) is 0 Å². The molecule has 0 aliphatic rings. The molecule has 0 fully saturated rings. The van der Waals surface area contributed by atoms with Crippen LogP contribution in [0, 0.1) is 5.82 Å². The van der Waals surface area contributed by atoms with E-state index in [0.717, 1.165) is 0 Å². The molecule has 0 amide bonds. The van der Waals surface area contributed by atoms with Crippen LogP contribution >= 0.6 is 15.9 Å². The second-order valence-corrected chi connectivity index (χ2v) is 5.04. The lowest BCUT2D eigenvalue weighted by molar-refractivity contribution is -0.0514. The van der Waals surface area contributed by atoms with Gasteiger partial charge in [-0.15, -0.1) is 0 Å². The Kier molecular flexibility index (Phi) is 4.29. The molecule has 1 aromatic rings. The van der Waals surface area contributed by atoms with Gasteiger partial charge in [-0.3, -0.25) is 0 Å². The maximum Gasteiger partial charge on any atom is 0.129 e. The fourth-order valence-electron chi connectivity index (χ4n) is 1.34. The highest BCUT2D eigenvalue weighted by atomic mass is 79.9. The Morgan fingerprint density at radius 2 is 1.93 bits per heavy atom. The number of halogens is 2. The van der Waals surface area contributed by atoms with E-state index >= 15 is 0 Å². The first-order chi connectivity index (χ1) is 6.94. The highest BCUT2D eigenvalue weighted by Gasteiger charge is 2.21. The van der Waals surface area contributed by atoms with E-state index in [1.54, 1.807) is 12.1 Å². The summed E-state index contributed by atoms with van der Waals surface area (Å²) in [4.78, 5) is 0. The molecular weight excluding hydrogens is 259 g/mol. The molecule has 3 heteroatoms. The van der Waals surface area contributed by atoms with E-state index in [0.29, 0.717) is 10.9 Å². The number of hydrogen-bond acceptors (Lipinski definition) is 1. The van der Waals surface area contributed by atoms with Gasteiger partial charge in [-0.2, -0.15) is 0 Å². The molecule has 1 unspecified atom stereocenters. The summed E-state index contributed by atoms with van der Waals surface area (Å²) in [6.07, 6.45) is -0.244. The quantitative estimate of drug-likeness (QED) is 0.755. The summed E-state index contributed by atoms with van der Waals surface area (Å²) >= 11 is 3.35. The Morgan fingerprint density at radius 1 is 1.33 bits per heavy atom. The molecule has 0 radical (unpaired) electrons. The van der Waals surface area contributed by atoms with Crippen LogP contribution in [0.2, 0.25) is 0 Å². The maximum atomic E-state index is 13.5. The lowest BCUT2D eigenvalue weighted by Gasteiger charge is -2.26. The third-order valence-electron chi connectivity index (χ3n) is 1.89. The smallest absolute Gasteiger partial charge is 0.129 e. The van der Waals surface area contributed by atoms with Gasteiger partial charge in [0.1, 0.15) is 5.82 Å². The normalized spacial score (nSPS) is 13.9. The monoisotopic (exact) mass is 274 g/mol. The minimum atomic E-state index is -0.277. The maximum absolute atomic E-state index is 13.5. The molecule has 0 spiro atoms. The fraction of sp³-hybridized carbons (Fsp3) is 0.500. The van der Waals surface area contributed by atoms with Gasteiger partial charge >= 0.3 is 0 Å². The zero-order chi connectivity index (χ0) is 11.5. The van der Waals surface area contributed by atoms with E-state index in [9.17, 15) is 4.39 Å². The van der Waals surface area contributed by atoms with Gasteiger partial charge < -0.3 is 4.74 Å². The highest BCUT2D eigenvalue weighted by Crippen LogP contribution is 2.27. The van der Waals surface area contributed by atoms with Crippen LogP contribution in [0.5, 0.6) is 0 Å². The van der Waals surface area contributed by atoms with Crippen molar-refractivity contribution in [2.24, 2.45) is 0 Å². The molecular formula is C12H16BrFO. The average Bonchev–Trinajstić information content (AvgIpc) is 2.14. The van der Waals surface area contributed by atoms with E-state index in [-0.39, 0.29) is 17.5 Å². The number of ether oxygens (including phenoxy) is 1. The first kappa shape index (κ1) is 12.7. The largest absolute Gasteiger partial charge is 0.367 e. The molecule has 0 aromatic heterocycles. The third kappa shape index (κ3) is 3.92. The standard InChI is InChI=1S/C12H16BrFO/c1-12(2,3)15-11(8-13)9-6-4-5-7-10(9)14/h4-7,11H,8H2,1-3H3. The molecule has 1 atom stereocenters. The van der Waals surface area contributed by atoms with Crippen molar-refractivity contribution in [2.45, 2.75) is 32.5 Å². The lowest BCUT2D eigenvalue weighted by atomic mass is 10.1. The van der Waals surface area contributed by atoms with Crippen molar-refractivity contribution >= 4 is 15.9 Å². The van der Waals surface area contributed by atoms with E-state index in [4.69, 9.17) is 4.74 Å². The molecule has 84 valence electrons.